The van der Waals surface area contributed by atoms with Crippen molar-refractivity contribution in [1.82, 2.24) is 9.55 Å². The lowest BCUT2D eigenvalue weighted by Gasteiger charge is -2.25. The molecule has 3 nitrogen and oxygen atoms in total. The molecule has 1 aromatic heterocycles. The van der Waals surface area contributed by atoms with E-state index in [1.807, 2.05) is 10.6 Å². The van der Waals surface area contributed by atoms with Gasteiger partial charge in [-0.15, -0.1) is 0 Å². The second-order valence-electron chi connectivity index (χ2n) is 8.01. The molecule has 0 spiro atoms. The maximum atomic E-state index is 14.5. The monoisotopic (exact) mass is 350 g/mol. The molecule has 1 aromatic carbocycles. The highest BCUT2D eigenvalue weighted by Gasteiger charge is 2.34. The van der Waals surface area contributed by atoms with Crippen LogP contribution in [-0.4, -0.2) is 15.3 Å². The Kier molecular flexibility index (Phi) is 3.80. The molecule has 2 aromatic rings. The zero-order valence-electron chi connectivity index (χ0n) is 14.8. The van der Waals surface area contributed by atoms with E-state index in [4.69, 9.17) is 0 Å². The summed E-state index contributed by atoms with van der Waals surface area (Å²) < 4.78 is 16.5. The van der Waals surface area contributed by atoms with Gasteiger partial charge in [0.15, 0.2) is 0 Å². The molecule has 0 saturated heterocycles. The number of Topliss-reactive ketones (excluding diaryl/α,β-unsaturated/α-hetero) is 1. The Balaban J connectivity index is 1.33. The molecular weight excluding hydrogens is 327 g/mol. The van der Waals surface area contributed by atoms with Crippen molar-refractivity contribution in [2.75, 3.05) is 0 Å². The Morgan fingerprint density at radius 3 is 2.81 bits per heavy atom. The Labute approximate surface area is 152 Å². The van der Waals surface area contributed by atoms with Crippen LogP contribution in [0.15, 0.2) is 42.4 Å². The number of hydrogen-bond donors (Lipinski definition) is 0. The number of rotatable bonds is 4. The van der Waals surface area contributed by atoms with Crippen molar-refractivity contribution in [3.8, 4) is 11.3 Å². The standard InChI is InChI=1S/C22H23FN2O/c23-18-3-1-2-17-20-12-24-13-25(20)19(22(17)18)11-21(26)16-8-6-15(7-9-16)10-14-4-5-14/h1-3,10,12-14,16,19H,4-9,11H2. The molecule has 26 heavy (non-hydrogen) atoms. The molecule has 4 heteroatoms. The lowest BCUT2D eigenvalue weighted by atomic mass is 9.81. The summed E-state index contributed by atoms with van der Waals surface area (Å²) in [4.78, 5) is 17.2. The second-order valence-corrected chi connectivity index (χ2v) is 8.01. The van der Waals surface area contributed by atoms with E-state index in [-0.39, 0.29) is 23.6 Å². The Morgan fingerprint density at radius 2 is 2.04 bits per heavy atom. The first-order chi connectivity index (χ1) is 12.7. The summed E-state index contributed by atoms with van der Waals surface area (Å²) in [5.41, 5.74) is 3.99. The summed E-state index contributed by atoms with van der Waals surface area (Å²) in [6.07, 6.45) is 13.0. The summed E-state index contributed by atoms with van der Waals surface area (Å²) in [7, 11) is 0. The highest BCUT2D eigenvalue weighted by molar-refractivity contribution is 5.83. The summed E-state index contributed by atoms with van der Waals surface area (Å²) in [6.45, 7) is 0. The summed E-state index contributed by atoms with van der Waals surface area (Å²) in [6, 6.07) is 4.89. The van der Waals surface area contributed by atoms with Gasteiger partial charge in [-0.05, 0) is 50.5 Å². The fourth-order valence-corrected chi connectivity index (χ4v) is 4.63. The van der Waals surface area contributed by atoms with Crippen molar-refractivity contribution in [3.63, 3.8) is 0 Å². The molecule has 5 rings (SSSR count). The number of carbonyl (C=O) groups excluding carboxylic acids is 1. The van der Waals surface area contributed by atoms with E-state index in [1.165, 1.54) is 18.9 Å². The molecule has 0 radical (unpaired) electrons. The van der Waals surface area contributed by atoms with Crippen LogP contribution >= 0.6 is 0 Å². The van der Waals surface area contributed by atoms with Crippen LogP contribution in [0.25, 0.3) is 11.3 Å². The predicted octanol–water partition coefficient (Wildman–Crippen LogP) is 5.08. The number of imidazole rings is 1. The van der Waals surface area contributed by atoms with Crippen LogP contribution < -0.4 is 0 Å². The van der Waals surface area contributed by atoms with Crippen LogP contribution in [-0.2, 0) is 4.79 Å². The van der Waals surface area contributed by atoms with Gasteiger partial charge < -0.3 is 4.57 Å². The van der Waals surface area contributed by atoms with E-state index in [0.717, 1.165) is 42.9 Å². The third kappa shape index (κ3) is 2.72. The Morgan fingerprint density at radius 1 is 1.23 bits per heavy atom. The van der Waals surface area contributed by atoms with Gasteiger partial charge in [0.25, 0.3) is 0 Å². The summed E-state index contributed by atoms with van der Waals surface area (Å²) >= 11 is 0. The van der Waals surface area contributed by atoms with Gasteiger partial charge in [-0.25, -0.2) is 9.37 Å². The lowest BCUT2D eigenvalue weighted by Crippen LogP contribution is -2.22. The van der Waals surface area contributed by atoms with Crippen LogP contribution in [0.5, 0.6) is 0 Å². The Hall–Kier alpha value is -2.23. The normalized spacial score (nSPS) is 24.3. The van der Waals surface area contributed by atoms with Gasteiger partial charge in [0.2, 0.25) is 0 Å². The van der Waals surface area contributed by atoms with E-state index in [1.54, 1.807) is 24.2 Å². The minimum atomic E-state index is -0.250. The van der Waals surface area contributed by atoms with Gasteiger partial charge in [-0.2, -0.15) is 0 Å². The zero-order chi connectivity index (χ0) is 17.7. The molecular formula is C22H23FN2O. The molecule has 2 saturated carbocycles. The van der Waals surface area contributed by atoms with E-state index >= 15 is 0 Å². The SMILES string of the molecule is O=C(CC1c2c(F)cccc2-c2cncn21)C1CCC(=CC2CC2)CC1. The van der Waals surface area contributed by atoms with Crippen LogP contribution in [0.2, 0.25) is 0 Å². The van der Waals surface area contributed by atoms with E-state index in [2.05, 4.69) is 11.1 Å². The fourth-order valence-electron chi connectivity index (χ4n) is 4.63. The van der Waals surface area contributed by atoms with Crippen LogP contribution in [0.1, 0.15) is 56.6 Å². The third-order valence-electron chi connectivity index (χ3n) is 6.24. The molecule has 3 aliphatic rings. The van der Waals surface area contributed by atoms with Gasteiger partial charge in [-0.3, -0.25) is 4.79 Å². The van der Waals surface area contributed by atoms with Gasteiger partial charge in [0.1, 0.15) is 11.6 Å². The van der Waals surface area contributed by atoms with Crippen LogP contribution in [0.4, 0.5) is 4.39 Å². The van der Waals surface area contributed by atoms with Crippen molar-refractivity contribution in [1.29, 1.82) is 0 Å². The number of aromatic nitrogens is 2. The highest BCUT2D eigenvalue weighted by atomic mass is 19.1. The molecule has 1 unspecified atom stereocenters. The smallest absolute Gasteiger partial charge is 0.138 e. The van der Waals surface area contributed by atoms with Crippen molar-refractivity contribution in [2.45, 2.75) is 51.0 Å². The molecule has 134 valence electrons. The maximum absolute atomic E-state index is 14.5. The molecule has 1 aliphatic heterocycles. The number of nitrogens with zero attached hydrogens (tertiary/aromatic N) is 2. The molecule has 1 atom stereocenters. The Bertz CT molecular complexity index is 883. The average molecular weight is 350 g/mol. The predicted molar refractivity (Wildman–Crippen MR) is 98.1 cm³/mol. The zero-order valence-corrected chi connectivity index (χ0v) is 14.8. The molecule has 0 bridgehead atoms. The topological polar surface area (TPSA) is 34.9 Å². The minimum absolute atomic E-state index is 0.120. The number of carbonyl (C=O) groups is 1. The molecule has 2 aliphatic carbocycles. The van der Waals surface area contributed by atoms with Crippen molar-refractivity contribution in [2.24, 2.45) is 11.8 Å². The third-order valence-corrected chi connectivity index (χ3v) is 6.24. The van der Waals surface area contributed by atoms with Crippen molar-refractivity contribution < 1.29 is 9.18 Å². The summed E-state index contributed by atoms with van der Waals surface area (Å²) in [5.74, 6) is 0.988. The number of allylic oxidation sites excluding steroid dienone is 2. The van der Waals surface area contributed by atoms with Crippen molar-refractivity contribution in [3.05, 3.63) is 53.8 Å². The summed E-state index contributed by atoms with van der Waals surface area (Å²) in [5, 5.41) is 0. The van der Waals surface area contributed by atoms with E-state index < -0.39 is 0 Å². The lowest BCUT2D eigenvalue weighted by molar-refractivity contribution is -0.124. The largest absolute Gasteiger partial charge is 0.322 e. The van der Waals surface area contributed by atoms with Crippen LogP contribution in [0, 0.1) is 17.7 Å². The van der Waals surface area contributed by atoms with Crippen molar-refractivity contribution >= 4 is 5.78 Å². The van der Waals surface area contributed by atoms with E-state index in [0.29, 0.717) is 12.0 Å². The fraction of sp³-hybridized carbons (Fsp3) is 0.455. The van der Waals surface area contributed by atoms with E-state index in [9.17, 15) is 9.18 Å². The first-order valence-electron chi connectivity index (χ1n) is 9.73. The molecule has 2 fully saturated rings. The van der Waals surface area contributed by atoms with Crippen LogP contribution in [0.3, 0.4) is 0 Å². The number of fused-ring (bicyclic) bond motifs is 3. The highest BCUT2D eigenvalue weighted by Crippen LogP contribution is 2.43. The van der Waals surface area contributed by atoms with Gasteiger partial charge >= 0.3 is 0 Å². The molecule has 0 N–H and O–H groups in total. The minimum Gasteiger partial charge on any atom is -0.322 e. The first-order valence-corrected chi connectivity index (χ1v) is 9.73. The number of hydrogen-bond acceptors (Lipinski definition) is 2. The number of ketones is 1. The van der Waals surface area contributed by atoms with Gasteiger partial charge in [0, 0.05) is 23.5 Å². The molecule has 2 heterocycles. The second kappa shape index (κ2) is 6.19. The average Bonchev–Trinajstić information content (AvgIpc) is 3.23. The number of benzene rings is 1. The van der Waals surface area contributed by atoms with Gasteiger partial charge in [-0.1, -0.05) is 23.8 Å². The first kappa shape index (κ1) is 16.0. The van der Waals surface area contributed by atoms with Gasteiger partial charge in [0.05, 0.1) is 24.3 Å². The number of halogens is 1. The maximum Gasteiger partial charge on any atom is 0.138 e. The quantitative estimate of drug-likeness (QED) is 0.721. The molecule has 0 amide bonds.